The van der Waals surface area contributed by atoms with Gasteiger partial charge in [-0.25, -0.2) is 4.79 Å². The number of carbonyl (C=O) groups is 1. The maximum atomic E-state index is 11.6. The van der Waals surface area contributed by atoms with Crippen molar-refractivity contribution in [1.29, 1.82) is 0 Å². The summed E-state index contributed by atoms with van der Waals surface area (Å²) in [6, 6.07) is 14.5. The summed E-state index contributed by atoms with van der Waals surface area (Å²) in [5, 5.41) is 1.14. The van der Waals surface area contributed by atoms with Gasteiger partial charge in [-0.2, -0.15) is 0 Å². The molecule has 2 aromatic carbocycles. The summed E-state index contributed by atoms with van der Waals surface area (Å²) < 4.78 is 13.8. The van der Waals surface area contributed by atoms with Gasteiger partial charge in [-0.1, -0.05) is 34.1 Å². The molecule has 0 unspecified atom stereocenters. The van der Waals surface area contributed by atoms with Gasteiger partial charge in [-0.05, 0) is 61.7 Å². The normalized spacial score (nSPS) is 11.3. The van der Waals surface area contributed by atoms with E-state index in [-0.39, 0.29) is 5.97 Å². The molecule has 3 aromatic rings. The number of esters is 1. The number of methoxy groups -OCH3 is 1. The van der Waals surface area contributed by atoms with Crippen LogP contribution in [0.3, 0.4) is 0 Å². The fourth-order valence-corrected chi connectivity index (χ4v) is 3.62. The van der Waals surface area contributed by atoms with E-state index in [1.165, 1.54) is 22.9 Å². The van der Waals surface area contributed by atoms with Crippen molar-refractivity contribution in [2.24, 2.45) is 0 Å². The van der Waals surface area contributed by atoms with Crippen molar-refractivity contribution in [2.45, 2.75) is 26.8 Å². The van der Waals surface area contributed by atoms with Crippen LogP contribution in [0.4, 0.5) is 0 Å². The predicted molar refractivity (Wildman–Crippen MR) is 116 cm³/mol. The van der Waals surface area contributed by atoms with Crippen LogP contribution in [-0.4, -0.2) is 24.3 Å². The standard InChI is InChI=1S/C23H24BrNO3/c1-4-28-23(26)7-5-6-20-16(2)25(15-17-8-10-18(24)11-9-17)22-13-12-19(27-3)14-21(20)22/h5,7-14H,4,6,15H2,1-3H3/b7-5+. The van der Waals surface area contributed by atoms with Gasteiger partial charge in [0.1, 0.15) is 5.75 Å². The van der Waals surface area contributed by atoms with Gasteiger partial charge in [-0.3, -0.25) is 0 Å². The lowest BCUT2D eigenvalue weighted by atomic mass is 10.1. The quantitative estimate of drug-likeness (QED) is 0.362. The Balaban J connectivity index is 2.00. The highest BCUT2D eigenvalue weighted by atomic mass is 79.9. The van der Waals surface area contributed by atoms with Crippen molar-refractivity contribution in [1.82, 2.24) is 4.57 Å². The third kappa shape index (κ3) is 4.47. The summed E-state index contributed by atoms with van der Waals surface area (Å²) in [5.41, 5.74) is 4.75. The maximum absolute atomic E-state index is 11.6. The third-order valence-electron chi connectivity index (χ3n) is 4.78. The molecule has 0 saturated carbocycles. The lowest BCUT2D eigenvalue weighted by Crippen LogP contribution is -2.02. The second-order valence-electron chi connectivity index (χ2n) is 6.52. The van der Waals surface area contributed by atoms with Gasteiger partial charge in [0.05, 0.1) is 13.7 Å². The zero-order valence-electron chi connectivity index (χ0n) is 16.4. The van der Waals surface area contributed by atoms with Crippen LogP contribution in [-0.2, 0) is 22.5 Å². The number of nitrogens with zero attached hydrogens (tertiary/aromatic N) is 1. The van der Waals surface area contributed by atoms with Crippen LogP contribution in [0.15, 0.2) is 59.1 Å². The van der Waals surface area contributed by atoms with Crippen molar-refractivity contribution in [2.75, 3.05) is 13.7 Å². The molecular weight excluding hydrogens is 418 g/mol. The van der Waals surface area contributed by atoms with Crippen LogP contribution < -0.4 is 4.74 Å². The largest absolute Gasteiger partial charge is 0.497 e. The van der Waals surface area contributed by atoms with Crippen LogP contribution >= 0.6 is 15.9 Å². The number of rotatable bonds is 7. The Labute approximate surface area is 173 Å². The van der Waals surface area contributed by atoms with Crippen LogP contribution in [0.2, 0.25) is 0 Å². The number of ether oxygens (including phenoxy) is 2. The number of benzene rings is 2. The zero-order chi connectivity index (χ0) is 20.1. The minimum Gasteiger partial charge on any atom is -0.497 e. The van der Waals surface area contributed by atoms with E-state index in [4.69, 9.17) is 9.47 Å². The number of hydrogen-bond acceptors (Lipinski definition) is 3. The molecule has 0 aliphatic carbocycles. The summed E-state index contributed by atoms with van der Waals surface area (Å²) in [6.45, 7) is 5.09. The molecule has 0 amide bonds. The average molecular weight is 442 g/mol. The van der Waals surface area contributed by atoms with Crippen molar-refractivity contribution in [3.8, 4) is 5.75 Å². The summed E-state index contributed by atoms with van der Waals surface area (Å²) in [6.07, 6.45) is 4.02. The topological polar surface area (TPSA) is 40.5 Å². The number of hydrogen-bond donors (Lipinski definition) is 0. The first-order chi connectivity index (χ1) is 13.5. The lowest BCUT2D eigenvalue weighted by molar-refractivity contribution is -0.137. The fraction of sp³-hybridized carbons (Fsp3) is 0.261. The van der Waals surface area contributed by atoms with Gasteiger partial charge in [0, 0.05) is 33.7 Å². The molecule has 28 heavy (non-hydrogen) atoms. The molecule has 0 aliphatic rings. The van der Waals surface area contributed by atoms with Crippen LogP contribution in [0, 0.1) is 6.92 Å². The number of aromatic nitrogens is 1. The van der Waals surface area contributed by atoms with E-state index in [0.29, 0.717) is 13.0 Å². The molecule has 1 heterocycles. The molecule has 3 rings (SSSR count). The average Bonchev–Trinajstić information content (AvgIpc) is 2.95. The second-order valence-corrected chi connectivity index (χ2v) is 7.43. The summed E-state index contributed by atoms with van der Waals surface area (Å²) in [7, 11) is 1.67. The van der Waals surface area contributed by atoms with E-state index < -0.39 is 0 Å². The van der Waals surface area contributed by atoms with E-state index in [1.807, 2.05) is 12.1 Å². The monoisotopic (exact) mass is 441 g/mol. The SMILES string of the molecule is CCOC(=O)/C=C/Cc1c(C)n(Cc2ccc(Br)cc2)c2ccc(OC)cc12. The second kappa shape index (κ2) is 9.11. The van der Waals surface area contributed by atoms with Crippen LogP contribution in [0.1, 0.15) is 23.7 Å². The van der Waals surface area contributed by atoms with Gasteiger partial charge in [0.15, 0.2) is 0 Å². The number of allylic oxidation sites excluding steroid dienone is 1. The Morgan fingerprint density at radius 2 is 1.93 bits per heavy atom. The molecule has 146 valence electrons. The van der Waals surface area contributed by atoms with E-state index >= 15 is 0 Å². The Morgan fingerprint density at radius 1 is 1.18 bits per heavy atom. The van der Waals surface area contributed by atoms with E-state index in [0.717, 1.165) is 27.7 Å². The van der Waals surface area contributed by atoms with Crippen molar-refractivity contribution < 1.29 is 14.3 Å². The Bertz CT molecular complexity index is 1000. The Hall–Kier alpha value is -2.53. The van der Waals surface area contributed by atoms with Gasteiger partial charge >= 0.3 is 5.97 Å². The first-order valence-corrected chi connectivity index (χ1v) is 10.1. The minimum absolute atomic E-state index is 0.309. The molecule has 0 radical (unpaired) electrons. The van der Waals surface area contributed by atoms with Crippen molar-refractivity contribution in [3.05, 3.63) is 75.9 Å². The summed E-state index contributed by atoms with van der Waals surface area (Å²) in [4.78, 5) is 11.6. The first-order valence-electron chi connectivity index (χ1n) is 9.27. The van der Waals surface area contributed by atoms with E-state index in [1.54, 1.807) is 14.0 Å². The van der Waals surface area contributed by atoms with Gasteiger partial charge in [0.2, 0.25) is 0 Å². The Morgan fingerprint density at radius 3 is 2.61 bits per heavy atom. The highest BCUT2D eigenvalue weighted by Gasteiger charge is 2.14. The zero-order valence-corrected chi connectivity index (χ0v) is 18.0. The first kappa shape index (κ1) is 20.2. The summed E-state index contributed by atoms with van der Waals surface area (Å²) >= 11 is 3.49. The van der Waals surface area contributed by atoms with E-state index in [2.05, 4.69) is 63.8 Å². The van der Waals surface area contributed by atoms with E-state index in [9.17, 15) is 4.79 Å². The van der Waals surface area contributed by atoms with Crippen LogP contribution in [0.5, 0.6) is 5.75 Å². The van der Waals surface area contributed by atoms with Crippen molar-refractivity contribution in [3.63, 3.8) is 0 Å². The fourth-order valence-electron chi connectivity index (χ4n) is 3.35. The Kier molecular flexibility index (Phi) is 6.57. The molecule has 4 nitrogen and oxygen atoms in total. The number of halogens is 1. The lowest BCUT2D eigenvalue weighted by Gasteiger charge is -2.09. The molecular formula is C23H24BrNO3. The minimum atomic E-state index is -0.309. The van der Waals surface area contributed by atoms with Gasteiger partial charge in [-0.15, -0.1) is 0 Å². The summed E-state index contributed by atoms with van der Waals surface area (Å²) in [5.74, 6) is 0.514. The molecule has 0 aliphatic heterocycles. The van der Waals surface area contributed by atoms with Gasteiger partial charge < -0.3 is 14.0 Å². The molecule has 0 N–H and O–H groups in total. The third-order valence-corrected chi connectivity index (χ3v) is 5.31. The molecule has 1 aromatic heterocycles. The highest BCUT2D eigenvalue weighted by Crippen LogP contribution is 2.31. The van der Waals surface area contributed by atoms with Crippen LogP contribution in [0.25, 0.3) is 10.9 Å². The molecule has 0 saturated heterocycles. The molecule has 0 bridgehead atoms. The maximum Gasteiger partial charge on any atom is 0.330 e. The molecule has 0 fully saturated rings. The number of fused-ring (bicyclic) bond motifs is 1. The van der Waals surface area contributed by atoms with Crippen molar-refractivity contribution >= 4 is 32.8 Å². The van der Waals surface area contributed by atoms with Gasteiger partial charge in [0.25, 0.3) is 0 Å². The molecule has 0 spiro atoms. The smallest absolute Gasteiger partial charge is 0.330 e. The highest BCUT2D eigenvalue weighted by molar-refractivity contribution is 9.10. The number of carbonyl (C=O) groups excluding carboxylic acids is 1. The molecule has 0 atom stereocenters. The molecule has 5 heteroatoms. The predicted octanol–water partition coefficient (Wildman–Crippen LogP) is 5.43.